The second kappa shape index (κ2) is 9.67. The van der Waals surface area contributed by atoms with Crippen molar-refractivity contribution in [1.29, 1.82) is 0 Å². The summed E-state index contributed by atoms with van der Waals surface area (Å²) in [5.74, 6) is -0.288. The number of phenolic OH excluding ortho intramolecular Hbond substituents is 1. The molecule has 0 aliphatic carbocycles. The van der Waals surface area contributed by atoms with Crippen molar-refractivity contribution in [2.24, 2.45) is 5.10 Å². The van der Waals surface area contributed by atoms with Gasteiger partial charge in [0.05, 0.1) is 24.3 Å². The Morgan fingerprint density at radius 2 is 1.96 bits per heavy atom. The number of carbonyl (C=O) groups excluding carboxylic acids is 1. The van der Waals surface area contributed by atoms with Gasteiger partial charge in [0.15, 0.2) is 11.5 Å². The zero-order chi connectivity index (χ0) is 20.7. The summed E-state index contributed by atoms with van der Waals surface area (Å²) in [5.41, 5.74) is 2.87. The highest BCUT2D eigenvalue weighted by atomic mass is 79.9. The molecule has 0 aliphatic heterocycles. The number of hydrazone groups is 1. The summed E-state index contributed by atoms with van der Waals surface area (Å²) >= 11 is 3.24. The molecule has 0 spiro atoms. The smallest absolute Gasteiger partial charge is 0.255 e. The molecule has 0 unspecified atom stereocenters. The maximum Gasteiger partial charge on any atom is 0.255 e. The van der Waals surface area contributed by atoms with Gasteiger partial charge in [0.2, 0.25) is 10.0 Å². The maximum atomic E-state index is 12.5. The van der Waals surface area contributed by atoms with E-state index in [1.807, 2.05) is 0 Å². The van der Waals surface area contributed by atoms with E-state index in [1.54, 1.807) is 31.2 Å². The number of aromatic hydroxyl groups is 1. The minimum absolute atomic E-state index is 0.00260. The molecule has 0 atom stereocenters. The first-order valence-electron chi connectivity index (χ1n) is 8.23. The molecule has 0 bridgehead atoms. The Hall–Kier alpha value is -2.43. The quantitative estimate of drug-likeness (QED) is 0.455. The number of benzene rings is 2. The van der Waals surface area contributed by atoms with Gasteiger partial charge in [-0.05, 0) is 55.0 Å². The second-order valence-electron chi connectivity index (χ2n) is 5.67. The van der Waals surface area contributed by atoms with Crippen molar-refractivity contribution in [2.75, 3.05) is 20.2 Å². The molecular formula is C18H20BrN3O5S. The first-order chi connectivity index (χ1) is 13.2. The van der Waals surface area contributed by atoms with Crippen LogP contribution in [0.15, 0.2) is 56.9 Å². The molecule has 10 heteroatoms. The van der Waals surface area contributed by atoms with Gasteiger partial charge in [-0.1, -0.05) is 15.9 Å². The predicted octanol–water partition coefficient (Wildman–Crippen LogP) is 2.32. The Balaban J connectivity index is 1.97. The Labute approximate surface area is 172 Å². The SMILES string of the molecule is CCOc1cc(/C=N\NC(=O)CN(C)S(=O)(=O)c2ccc(Br)cc2)ccc1O. The van der Waals surface area contributed by atoms with E-state index in [0.717, 1.165) is 8.78 Å². The van der Waals surface area contributed by atoms with Gasteiger partial charge in [-0.25, -0.2) is 13.8 Å². The summed E-state index contributed by atoms with van der Waals surface area (Å²) < 4.78 is 31.9. The molecule has 1 amide bonds. The Bertz CT molecular complexity index is 962. The zero-order valence-corrected chi connectivity index (χ0v) is 17.7. The number of phenols is 1. The number of ether oxygens (including phenoxy) is 1. The number of carbonyl (C=O) groups is 1. The number of nitrogens with one attached hydrogen (secondary N) is 1. The first-order valence-corrected chi connectivity index (χ1v) is 10.5. The highest BCUT2D eigenvalue weighted by Crippen LogP contribution is 2.26. The van der Waals surface area contributed by atoms with Crippen LogP contribution in [0.25, 0.3) is 0 Å². The topological polar surface area (TPSA) is 108 Å². The van der Waals surface area contributed by atoms with Gasteiger partial charge in [-0.3, -0.25) is 4.79 Å². The van der Waals surface area contributed by atoms with E-state index < -0.39 is 22.5 Å². The van der Waals surface area contributed by atoms with Crippen LogP contribution in [0, 0.1) is 0 Å². The third-order valence-electron chi connectivity index (χ3n) is 3.57. The highest BCUT2D eigenvalue weighted by Gasteiger charge is 2.22. The standard InChI is InChI=1S/C18H20BrN3O5S/c1-3-27-17-10-13(4-9-16(17)23)11-20-21-18(24)12-22(2)28(25,26)15-7-5-14(19)6-8-15/h4-11,23H,3,12H2,1-2H3,(H,21,24)/b20-11-. The molecule has 0 saturated carbocycles. The average molecular weight is 470 g/mol. The number of rotatable bonds is 8. The summed E-state index contributed by atoms with van der Waals surface area (Å²) in [6.45, 7) is 1.79. The van der Waals surface area contributed by atoms with Gasteiger partial charge in [-0.2, -0.15) is 9.41 Å². The summed E-state index contributed by atoms with van der Waals surface area (Å²) in [4.78, 5) is 12.1. The van der Waals surface area contributed by atoms with Crippen LogP contribution in [0.1, 0.15) is 12.5 Å². The summed E-state index contributed by atoms with van der Waals surface area (Å²) in [7, 11) is -2.47. The summed E-state index contributed by atoms with van der Waals surface area (Å²) in [6, 6.07) is 10.7. The molecule has 150 valence electrons. The van der Waals surface area contributed by atoms with E-state index in [4.69, 9.17) is 4.74 Å². The normalized spacial score (nSPS) is 11.7. The molecule has 2 aromatic carbocycles. The van der Waals surface area contributed by atoms with Crippen molar-refractivity contribution in [1.82, 2.24) is 9.73 Å². The van der Waals surface area contributed by atoms with Crippen LogP contribution < -0.4 is 10.2 Å². The largest absolute Gasteiger partial charge is 0.504 e. The third-order valence-corrected chi connectivity index (χ3v) is 5.92. The van der Waals surface area contributed by atoms with Crippen molar-refractivity contribution in [2.45, 2.75) is 11.8 Å². The van der Waals surface area contributed by atoms with Crippen LogP contribution in [0.4, 0.5) is 0 Å². The number of sulfonamides is 1. The molecule has 0 fully saturated rings. The molecule has 0 saturated heterocycles. The molecule has 28 heavy (non-hydrogen) atoms. The minimum atomic E-state index is -3.79. The van der Waals surface area contributed by atoms with E-state index in [0.29, 0.717) is 17.9 Å². The predicted molar refractivity (Wildman–Crippen MR) is 109 cm³/mol. The molecule has 0 aliphatic rings. The van der Waals surface area contributed by atoms with E-state index in [1.165, 1.54) is 31.5 Å². The molecular weight excluding hydrogens is 450 g/mol. The van der Waals surface area contributed by atoms with Gasteiger partial charge in [0, 0.05) is 11.5 Å². The first kappa shape index (κ1) is 21.9. The Morgan fingerprint density at radius 3 is 2.61 bits per heavy atom. The second-order valence-corrected chi connectivity index (χ2v) is 8.63. The van der Waals surface area contributed by atoms with Gasteiger partial charge < -0.3 is 9.84 Å². The highest BCUT2D eigenvalue weighted by molar-refractivity contribution is 9.10. The van der Waals surface area contributed by atoms with Crippen molar-refractivity contribution in [3.05, 3.63) is 52.5 Å². The fourth-order valence-corrected chi connectivity index (χ4v) is 3.56. The van der Waals surface area contributed by atoms with Crippen LogP contribution >= 0.6 is 15.9 Å². The van der Waals surface area contributed by atoms with Crippen LogP contribution in [0.3, 0.4) is 0 Å². The average Bonchev–Trinajstić information content (AvgIpc) is 2.64. The number of halogens is 1. The lowest BCUT2D eigenvalue weighted by Gasteiger charge is -2.16. The number of hydrogen-bond donors (Lipinski definition) is 2. The van der Waals surface area contributed by atoms with Gasteiger partial charge >= 0.3 is 0 Å². The molecule has 0 aromatic heterocycles. The minimum Gasteiger partial charge on any atom is -0.504 e. The van der Waals surface area contributed by atoms with Crippen LogP contribution in [0.5, 0.6) is 11.5 Å². The number of hydrogen-bond acceptors (Lipinski definition) is 6. The molecule has 2 rings (SSSR count). The van der Waals surface area contributed by atoms with E-state index in [2.05, 4.69) is 26.5 Å². The molecule has 2 N–H and O–H groups in total. The lowest BCUT2D eigenvalue weighted by Crippen LogP contribution is -2.36. The van der Waals surface area contributed by atoms with E-state index in [-0.39, 0.29) is 10.6 Å². The van der Waals surface area contributed by atoms with Crippen LogP contribution in [-0.2, 0) is 14.8 Å². The lowest BCUT2D eigenvalue weighted by atomic mass is 10.2. The van der Waals surface area contributed by atoms with Gasteiger partial charge in [-0.15, -0.1) is 0 Å². The summed E-state index contributed by atoms with van der Waals surface area (Å²) in [5, 5.41) is 13.5. The molecule has 2 aromatic rings. The number of nitrogens with zero attached hydrogens (tertiary/aromatic N) is 2. The van der Waals surface area contributed by atoms with Crippen LogP contribution in [-0.4, -0.2) is 50.2 Å². The summed E-state index contributed by atoms with van der Waals surface area (Å²) in [6.07, 6.45) is 1.36. The molecule has 0 heterocycles. The third kappa shape index (κ3) is 5.78. The lowest BCUT2D eigenvalue weighted by molar-refractivity contribution is -0.121. The van der Waals surface area contributed by atoms with Gasteiger partial charge in [0.1, 0.15) is 0 Å². The zero-order valence-electron chi connectivity index (χ0n) is 15.3. The monoisotopic (exact) mass is 469 g/mol. The number of likely N-dealkylation sites (N-methyl/N-ethyl adjacent to an activating group) is 1. The van der Waals surface area contributed by atoms with Crippen molar-refractivity contribution >= 4 is 38.1 Å². The fraction of sp³-hybridized carbons (Fsp3) is 0.222. The molecule has 8 nitrogen and oxygen atoms in total. The fourth-order valence-electron chi connectivity index (χ4n) is 2.17. The van der Waals surface area contributed by atoms with Crippen molar-refractivity contribution in [3.63, 3.8) is 0 Å². The number of amides is 1. The van der Waals surface area contributed by atoms with Crippen molar-refractivity contribution in [3.8, 4) is 11.5 Å². The molecule has 0 radical (unpaired) electrons. The van der Waals surface area contributed by atoms with E-state index in [9.17, 15) is 18.3 Å². The van der Waals surface area contributed by atoms with E-state index >= 15 is 0 Å². The van der Waals surface area contributed by atoms with Crippen LogP contribution in [0.2, 0.25) is 0 Å². The maximum absolute atomic E-state index is 12.5. The van der Waals surface area contributed by atoms with Gasteiger partial charge in [0.25, 0.3) is 5.91 Å². The van der Waals surface area contributed by atoms with Crippen molar-refractivity contribution < 1.29 is 23.1 Å². The Kier molecular flexibility index (Phi) is 7.55. The Morgan fingerprint density at radius 1 is 1.29 bits per heavy atom.